The monoisotopic (exact) mass is 542 g/mol. The van der Waals surface area contributed by atoms with Crippen LogP contribution >= 0.6 is 22.7 Å². The summed E-state index contributed by atoms with van der Waals surface area (Å²) in [5, 5.41) is 12.5. The number of ether oxygens (including phenoxy) is 2. The predicted molar refractivity (Wildman–Crippen MR) is 134 cm³/mol. The molecule has 0 fully saturated rings. The van der Waals surface area contributed by atoms with Crippen molar-refractivity contribution < 1.29 is 27.4 Å². The van der Waals surface area contributed by atoms with Crippen LogP contribution in [0.4, 0.5) is 23.9 Å². The molecule has 0 saturated carbocycles. The van der Waals surface area contributed by atoms with Crippen LogP contribution < -0.4 is 20.5 Å². The van der Waals surface area contributed by atoms with Crippen LogP contribution in [0.15, 0.2) is 24.3 Å². The van der Waals surface area contributed by atoms with Crippen molar-refractivity contribution in [3.8, 4) is 28.8 Å². The number of amides is 1. The van der Waals surface area contributed by atoms with E-state index < -0.39 is 17.6 Å². The summed E-state index contributed by atoms with van der Waals surface area (Å²) in [6.07, 6.45) is -1.18. The molecule has 4 aromatic rings. The summed E-state index contributed by atoms with van der Waals surface area (Å²) in [5.74, 6) is 0.228. The first kappa shape index (κ1) is 23.6. The third kappa shape index (κ3) is 3.95. The summed E-state index contributed by atoms with van der Waals surface area (Å²) in [6.45, 7) is 0.0275. The number of pyridine rings is 1. The first-order valence-corrected chi connectivity index (χ1v) is 12.9. The molecule has 12 heteroatoms. The molecular weight excluding hydrogens is 525 g/mol. The molecule has 37 heavy (non-hydrogen) atoms. The number of nitrogens with two attached hydrogens (primary N) is 1. The van der Waals surface area contributed by atoms with E-state index >= 15 is 0 Å². The maximum Gasteiger partial charge on any atom is 0.417 e. The Bertz CT molecular complexity index is 1640. The van der Waals surface area contributed by atoms with Gasteiger partial charge >= 0.3 is 6.18 Å². The molecule has 6 rings (SSSR count). The number of benzene rings is 1. The molecule has 1 aliphatic heterocycles. The van der Waals surface area contributed by atoms with Gasteiger partial charge in [0.15, 0.2) is 11.5 Å². The highest BCUT2D eigenvalue weighted by molar-refractivity contribution is 7.21. The molecule has 0 atom stereocenters. The fourth-order valence-corrected chi connectivity index (χ4v) is 6.90. The first-order valence-electron chi connectivity index (χ1n) is 11.3. The summed E-state index contributed by atoms with van der Waals surface area (Å²) >= 11 is 2.11. The van der Waals surface area contributed by atoms with E-state index in [0.29, 0.717) is 27.6 Å². The van der Waals surface area contributed by atoms with E-state index in [1.807, 2.05) is 0 Å². The van der Waals surface area contributed by atoms with Crippen LogP contribution in [0.25, 0.3) is 21.5 Å². The maximum atomic E-state index is 14.1. The molecule has 3 N–H and O–H groups in total. The fraction of sp³-hybridized carbons (Fsp3) is 0.240. The van der Waals surface area contributed by atoms with Crippen molar-refractivity contribution in [3.63, 3.8) is 0 Å². The third-order valence-corrected chi connectivity index (χ3v) is 8.69. The maximum absolute atomic E-state index is 14.1. The van der Waals surface area contributed by atoms with Gasteiger partial charge in [-0.2, -0.15) is 18.4 Å². The van der Waals surface area contributed by atoms with Crippen molar-refractivity contribution in [3.05, 3.63) is 50.7 Å². The second-order valence-electron chi connectivity index (χ2n) is 8.63. The van der Waals surface area contributed by atoms with Crippen molar-refractivity contribution >= 4 is 49.5 Å². The van der Waals surface area contributed by atoms with Crippen molar-refractivity contribution in [2.45, 2.75) is 31.9 Å². The molecule has 0 unspecified atom stereocenters. The van der Waals surface area contributed by atoms with Gasteiger partial charge in [-0.15, -0.1) is 22.7 Å². The molecular formula is C25H17F3N4O3S2. The Balaban J connectivity index is 1.43. The molecule has 1 amide bonds. The summed E-state index contributed by atoms with van der Waals surface area (Å²) in [7, 11) is 0. The molecule has 188 valence electrons. The van der Waals surface area contributed by atoms with Gasteiger partial charge in [0, 0.05) is 15.8 Å². The standard InChI is InChI=1S/C25H17F3N4O3S2/c26-25(27,28)14-8-15(11-5-6-16-17(7-11)35-10-34-16)31-24-19(14)20(30)21(37-24)22(33)32-23-13(9-29)12-3-1-2-4-18(12)36-23/h5-8H,1-4,10,30H2,(H,32,33). The Labute approximate surface area is 216 Å². The number of carbonyl (C=O) groups is 1. The summed E-state index contributed by atoms with van der Waals surface area (Å²) in [5.41, 5.74) is 6.66. The highest BCUT2D eigenvalue weighted by Crippen LogP contribution is 2.45. The average Bonchev–Trinajstić information content (AvgIpc) is 3.57. The number of hydrogen-bond donors (Lipinski definition) is 2. The number of nitrogens with one attached hydrogen (secondary N) is 1. The number of carbonyl (C=O) groups excluding carboxylic acids is 1. The van der Waals surface area contributed by atoms with Gasteiger partial charge in [0.2, 0.25) is 6.79 Å². The highest BCUT2D eigenvalue weighted by atomic mass is 32.1. The van der Waals surface area contributed by atoms with Crippen molar-refractivity contribution in [2.75, 3.05) is 17.8 Å². The zero-order valence-electron chi connectivity index (χ0n) is 19.0. The molecule has 1 aromatic carbocycles. The SMILES string of the molecule is N#Cc1c(NC(=O)c2sc3nc(-c4ccc5c(c4)OCO5)cc(C(F)(F)F)c3c2N)sc2c1CCCC2. The van der Waals surface area contributed by atoms with Crippen molar-refractivity contribution in [2.24, 2.45) is 0 Å². The van der Waals surface area contributed by atoms with E-state index in [1.54, 1.807) is 18.2 Å². The quantitative estimate of drug-likeness (QED) is 0.312. The first-order chi connectivity index (χ1) is 17.7. The predicted octanol–water partition coefficient (Wildman–Crippen LogP) is 6.36. The number of halogens is 3. The number of fused-ring (bicyclic) bond motifs is 3. The average molecular weight is 543 g/mol. The Hall–Kier alpha value is -3.82. The zero-order chi connectivity index (χ0) is 25.9. The number of aromatic nitrogens is 1. The minimum Gasteiger partial charge on any atom is -0.454 e. The lowest BCUT2D eigenvalue weighted by atomic mass is 9.96. The number of rotatable bonds is 3. The minimum absolute atomic E-state index is 0.0175. The van der Waals surface area contributed by atoms with Crippen LogP contribution in [0.1, 0.15) is 44.1 Å². The van der Waals surface area contributed by atoms with Crippen LogP contribution in [0.3, 0.4) is 0 Å². The lowest BCUT2D eigenvalue weighted by Crippen LogP contribution is -2.12. The van der Waals surface area contributed by atoms with Crippen LogP contribution in [0, 0.1) is 11.3 Å². The number of hydrogen-bond acceptors (Lipinski definition) is 8. The molecule has 3 aromatic heterocycles. The number of nitrogen functional groups attached to an aromatic ring is 1. The van der Waals surface area contributed by atoms with Crippen LogP contribution in [-0.2, 0) is 19.0 Å². The normalized spacial score (nSPS) is 14.4. The van der Waals surface area contributed by atoms with E-state index in [9.17, 15) is 23.2 Å². The van der Waals surface area contributed by atoms with E-state index in [2.05, 4.69) is 16.4 Å². The number of aryl methyl sites for hydroxylation is 1. The van der Waals surface area contributed by atoms with Crippen molar-refractivity contribution in [1.82, 2.24) is 4.98 Å². The molecule has 0 radical (unpaired) electrons. The molecule has 1 aliphatic carbocycles. The van der Waals surface area contributed by atoms with Gasteiger partial charge in [-0.3, -0.25) is 4.79 Å². The Morgan fingerprint density at radius 3 is 2.70 bits per heavy atom. The van der Waals surface area contributed by atoms with E-state index in [4.69, 9.17) is 15.2 Å². The van der Waals surface area contributed by atoms with Crippen LogP contribution in [0.5, 0.6) is 11.5 Å². The van der Waals surface area contributed by atoms with Gasteiger partial charge in [-0.1, -0.05) is 0 Å². The number of nitriles is 1. The number of nitrogens with zero attached hydrogens (tertiary/aromatic N) is 2. The lowest BCUT2D eigenvalue weighted by molar-refractivity contribution is -0.136. The Kier molecular flexibility index (Phi) is 5.50. The molecule has 0 bridgehead atoms. The van der Waals surface area contributed by atoms with E-state index in [-0.39, 0.29) is 33.3 Å². The molecule has 7 nitrogen and oxygen atoms in total. The smallest absolute Gasteiger partial charge is 0.417 e. The molecule has 0 spiro atoms. The largest absolute Gasteiger partial charge is 0.454 e. The van der Waals surface area contributed by atoms with Crippen LogP contribution in [0.2, 0.25) is 0 Å². The lowest BCUT2D eigenvalue weighted by Gasteiger charge is -2.11. The van der Waals surface area contributed by atoms with Gasteiger partial charge < -0.3 is 20.5 Å². The summed E-state index contributed by atoms with van der Waals surface area (Å²) in [6, 6.07) is 7.84. The Morgan fingerprint density at radius 1 is 1.14 bits per heavy atom. The second-order valence-corrected chi connectivity index (χ2v) is 10.7. The molecule has 4 heterocycles. The molecule has 2 aliphatic rings. The zero-order valence-corrected chi connectivity index (χ0v) is 20.6. The second kappa shape index (κ2) is 8.64. The van der Waals surface area contributed by atoms with Gasteiger partial charge in [0.1, 0.15) is 20.8 Å². The van der Waals surface area contributed by atoms with E-state index in [1.165, 1.54) is 11.3 Å². The van der Waals surface area contributed by atoms with Gasteiger partial charge in [-0.25, -0.2) is 4.98 Å². The van der Waals surface area contributed by atoms with Gasteiger partial charge in [-0.05, 0) is 55.5 Å². The van der Waals surface area contributed by atoms with E-state index in [0.717, 1.165) is 53.5 Å². The number of anilines is 2. The third-order valence-electron chi connectivity index (χ3n) is 6.39. The van der Waals surface area contributed by atoms with Gasteiger partial charge in [0.05, 0.1) is 22.5 Å². The highest BCUT2D eigenvalue weighted by Gasteiger charge is 2.36. The fourth-order valence-electron chi connectivity index (χ4n) is 4.65. The van der Waals surface area contributed by atoms with Gasteiger partial charge in [0.25, 0.3) is 5.91 Å². The topological polar surface area (TPSA) is 110 Å². The molecule has 0 saturated heterocycles. The number of alkyl halides is 3. The van der Waals surface area contributed by atoms with Crippen molar-refractivity contribution in [1.29, 1.82) is 5.26 Å². The number of thiophene rings is 2. The minimum atomic E-state index is -4.74. The summed E-state index contributed by atoms with van der Waals surface area (Å²) < 4.78 is 53.0. The van der Waals surface area contributed by atoms with Crippen LogP contribution in [-0.4, -0.2) is 17.7 Å². The summed E-state index contributed by atoms with van der Waals surface area (Å²) in [4.78, 5) is 18.6. The Morgan fingerprint density at radius 2 is 1.92 bits per heavy atom.